The Hall–Kier alpha value is -1.32. The summed E-state index contributed by atoms with van der Waals surface area (Å²) in [4.78, 5) is 11.2. The van der Waals surface area contributed by atoms with E-state index in [1.807, 2.05) is 0 Å². The third-order valence-electron chi connectivity index (χ3n) is 3.11. The lowest BCUT2D eigenvalue weighted by Gasteiger charge is -2.36. The molecule has 0 aromatic heterocycles. The second kappa shape index (κ2) is 7.96. The molecule has 16 heteroatoms. The standard InChI is InChI=1S/C11H14F11NO3Si/c1-25-6(27(2)3)23-5(24)26-4-7(12,13)8(14,15)9(16,17)10(18,19)11(20,21)22/h6,27H,4H2,1-3H3,(H,23,24). The Kier molecular flexibility index (Phi) is 7.57. The van der Waals surface area contributed by atoms with Crippen LogP contribution in [0.1, 0.15) is 0 Å². The molecule has 0 bridgehead atoms. The van der Waals surface area contributed by atoms with Crippen molar-refractivity contribution in [1.82, 2.24) is 5.32 Å². The fourth-order valence-electron chi connectivity index (χ4n) is 1.51. The van der Waals surface area contributed by atoms with Crippen LogP contribution in [-0.4, -0.2) is 64.3 Å². The SMILES string of the molecule is COC(NC(=O)OCC(F)(F)C(F)(F)C(F)(F)C(F)(F)C(F)(F)F)[SiH](C)C. The maximum atomic E-state index is 13.3. The van der Waals surface area contributed by atoms with E-state index in [4.69, 9.17) is 0 Å². The number of alkyl carbamates (subject to hydrolysis) is 1. The van der Waals surface area contributed by atoms with Crippen LogP contribution in [0.3, 0.4) is 0 Å². The molecule has 0 aromatic rings. The zero-order valence-corrected chi connectivity index (χ0v) is 14.9. The Bertz CT molecular complexity index is 524. The first kappa shape index (κ1) is 25.7. The number of ether oxygens (including phenoxy) is 2. The van der Waals surface area contributed by atoms with Gasteiger partial charge in [-0.2, -0.15) is 48.3 Å². The Morgan fingerprint density at radius 3 is 1.67 bits per heavy atom. The number of methoxy groups -OCH3 is 1. The van der Waals surface area contributed by atoms with E-state index in [-0.39, 0.29) is 0 Å². The van der Waals surface area contributed by atoms with E-state index in [9.17, 15) is 53.1 Å². The molecule has 1 N–H and O–H groups in total. The molecule has 162 valence electrons. The molecule has 0 rings (SSSR count). The summed E-state index contributed by atoms with van der Waals surface area (Å²) in [6, 6.07) is 0. The Morgan fingerprint density at radius 1 is 0.889 bits per heavy atom. The van der Waals surface area contributed by atoms with E-state index in [0.717, 1.165) is 7.11 Å². The monoisotopic (exact) mass is 445 g/mol. The summed E-state index contributed by atoms with van der Waals surface area (Å²) >= 11 is 0. The van der Waals surface area contributed by atoms with Crippen LogP contribution < -0.4 is 5.32 Å². The van der Waals surface area contributed by atoms with Crippen molar-refractivity contribution < 1.29 is 62.6 Å². The second-order valence-electron chi connectivity index (χ2n) is 5.55. The highest BCUT2D eigenvalue weighted by atomic mass is 28.3. The minimum atomic E-state index is -7.54. The van der Waals surface area contributed by atoms with E-state index < -0.39 is 57.2 Å². The molecule has 4 nitrogen and oxygen atoms in total. The normalized spacial score (nSPS) is 15.7. The molecule has 0 aromatic carbocycles. The molecule has 0 aliphatic heterocycles. The van der Waals surface area contributed by atoms with Gasteiger partial charge in [-0.25, -0.2) is 4.79 Å². The molecule has 1 amide bonds. The van der Waals surface area contributed by atoms with Gasteiger partial charge in [0.2, 0.25) is 0 Å². The molecule has 0 radical (unpaired) electrons. The van der Waals surface area contributed by atoms with Crippen LogP contribution in [0.15, 0.2) is 0 Å². The van der Waals surface area contributed by atoms with Gasteiger partial charge >= 0.3 is 36.0 Å². The Labute approximate surface area is 146 Å². The lowest BCUT2D eigenvalue weighted by Crippen LogP contribution is -2.67. The van der Waals surface area contributed by atoms with Crippen molar-refractivity contribution in [2.45, 2.75) is 48.8 Å². The van der Waals surface area contributed by atoms with E-state index in [1.54, 1.807) is 18.4 Å². The molecule has 0 heterocycles. The Balaban J connectivity index is 5.41. The van der Waals surface area contributed by atoms with E-state index >= 15 is 0 Å². The number of rotatable bonds is 8. The number of amides is 1. The number of hydrogen-bond acceptors (Lipinski definition) is 3. The first-order chi connectivity index (χ1) is 11.8. The molecule has 27 heavy (non-hydrogen) atoms. The first-order valence-electron chi connectivity index (χ1n) is 6.80. The van der Waals surface area contributed by atoms with Crippen LogP contribution >= 0.6 is 0 Å². The highest BCUT2D eigenvalue weighted by molar-refractivity contribution is 6.57. The van der Waals surface area contributed by atoms with Gasteiger partial charge in [0, 0.05) is 7.11 Å². The average molecular weight is 445 g/mol. The van der Waals surface area contributed by atoms with Crippen molar-refractivity contribution >= 4 is 14.9 Å². The van der Waals surface area contributed by atoms with Crippen molar-refractivity contribution in [1.29, 1.82) is 0 Å². The molecule has 0 spiro atoms. The van der Waals surface area contributed by atoms with Crippen LogP contribution in [0.25, 0.3) is 0 Å². The van der Waals surface area contributed by atoms with Crippen molar-refractivity contribution in [3.8, 4) is 0 Å². The largest absolute Gasteiger partial charge is 0.460 e. The van der Waals surface area contributed by atoms with Crippen molar-refractivity contribution in [3.63, 3.8) is 0 Å². The third kappa shape index (κ3) is 4.94. The van der Waals surface area contributed by atoms with Gasteiger partial charge in [-0.1, -0.05) is 13.1 Å². The van der Waals surface area contributed by atoms with Gasteiger partial charge in [0.05, 0.1) is 8.80 Å². The predicted molar refractivity (Wildman–Crippen MR) is 70.0 cm³/mol. The van der Waals surface area contributed by atoms with Crippen LogP contribution in [0.5, 0.6) is 0 Å². The van der Waals surface area contributed by atoms with Crippen LogP contribution in [0.2, 0.25) is 13.1 Å². The summed E-state index contributed by atoms with van der Waals surface area (Å²) in [6.07, 6.45) is -9.11. The number of hydrogen-bond donors (Lipinski definition) is 1. The molecule has 0 aliphatic carbocycles. The third-order valence-corrected chi connectivity index (χ3v) is 4.76. The summed E-state index contributed by atoms with van der Waals surface area (Å²) in [5.74, 6) is -29.6. The van der Waals surface area contributed by atoms with Gasteiger partial charge < -0.3 is 9.47 Å². The molecule has 0 fully saturated rings. The van der Waals surface area contributed by atoms with Crippen LogP contribution in [-0.2, 0) is 9.47 Å². The molecule has 1 atom stereocenters. The quantitative estimate of drug-likeness (QED) is 0.351. The Morgan fingerprint density at radius 2 is 1.33 bits per heavy atom. The summed E-state index contributed by atoms with van der Waals surface area (Å²) in [5, 5.41) is 1.77. The summed E-state index contributed by atoms with van der Waals surface area (Å²) < 4.78 is 148. The van der Waals surface area contributed by atoms with E-state index in [1.165, 1.54) is 0 Å². The molecule has 0 aliphatic rings. The smallest absolute Gasteiger partial charge is 0.443 e. The molecule has 1 unspecified atom stereocenters. The lowest BCUT2D eigenvalue weighted by atomic mass is 9.98. The second-order valence-corrected chi connectivity index (χ2v) is 8.64. The van der Waals surface area contributed by atoms with Crippen LogP contribution in [0.4, 0.5) is 53.1 Å². The molecular formula is C11H14F11NO3Si. The van der Waals surface area contributed by atoms with Gasteiger partial charge in [0.25, 0.3) is 0 Å². The molecule has 0 saturated heterocycles. The number of alkyl halides is 11. The van der Waals surface area contributed by atoms with Gasteiger partial charge in [0.15, 0.2) is 6.61 Å². The molecular weight excluding hydrogens is 431 g/mol. The van der Waals surface area contributed by atoms with Crippen LogP contribution in [0, 0.1) is 0 Å². The van der Waals surface area contributed by atoms with Crippen molar-refractivity contribution in [2.24, 2.45) is 0 Å². The lowest BCUT2D eigenvalue weighted by molar-refractivity contribution is -0.423. The summed E-state index contributed by atoms with van der Waals surface area (Å²) in [5.41, 5.74) is 0. The number of nitrogens with one attached hydrogen (secondary N) is 1. The maximum absolute atomic E-state index is 13.3. The van der Waals surface area contributed by atoms with Gasteiger partial charge in [-0.15, -0.1) is 0 Å². The fraction of sp³-hybridized carbons (Fsp3) is 0.909. The van der Waals surface area contributed by atoms with Gasteiger partial charge in [-0.3, -0.25) is 5.32 Å². The zero-order valence-electron chi connectivity index (χ0n) is 13.7. The topological polar surface area (TPSA) is 47.6 Å². The number of carbonyl (C=O) groups is 1. The van der Waals surface area contributed by atoms with Crippen molar-refractivity contribution in [3.05, 3.63) is 0 Å². The fourth-order valence-corrected chi connectivity index (χ4v) is 2.52. The highest BCUT2D eigenvalue weighted by Gasteiger charge is 2.87. The summed E-state index contributed by atoms with van der Waals surface area (Å²) in [7, 11) is -0.756. The van der Waals surface area contributed by atoms with Crippen molar-refractivity contribution in [2.75, 3.05) is 13.7 Å². The minimum Gasteiger partial charge on any atom is -0.443 e. The molecule has 0 saturated carbocycles. The first-order valence-corrected chi connectivity index (χ1v) is 9.78. The summed E-state index contributed by atoms with van der Waals surface area (Å²) in [6.45, 7) is 0.263. The number of carbonyl (C=O) groups excluding carboxylic acids is 1. The maximum Gasteiger partial charge on any atom is 0.460 e. The number of halogens is 11. The predicted octanol–water partition coefficient (Wildman–Crippen LogP) is 3.81. The van der Waals surface area contributed by atoms with Gasteiger partial charge in [0.1, 0.15) is 5.85 Å². The highest BCUT2D eigenvalue weighted by Crippen LogP contribution is 2.57. The van der Waals surface area contributed by atoms with E-state index in [2.05, 4.69) is 9.47 Å². The zero-order chi connectivity index (χ0) is 22.1. The minimum absolute atomic E-state index is 1.05. The average Bonchev–Trinajstić information content (AvgIpc) is 2.48. The van der Waals surface area contributed by atoms with Gasteiger partial charge in [-0.05, 0) is 0 Å². The van der Waals surface area contributed by atoms with E-state index in [0.29, 0.717) is 0 Å².